The zero-order valence-electron chi connectivity index (χ0n) is 12.5. The summed E-state index contributed by atoms with van der Waals surface area (Å²) in [6.45, 7) is 2.70. The second-order valence-electron chi connectivity index (χ2n) is 4.84. The molecule has 21 heavy (non-hydrogen) atoms. The molecule has 5 nitrogen and oxygen atoms in total. The summed E-state index contributed by atoms with van der Waals surface area (Å²) in [7, 11) is 2.74. The highest BCUT2D eigenvalue weighted by atomic mass is 16.6. The molecule has 0 aromatic heterocycles. The van der Waals surface area contributed by atoms with E-state index in [-0.39, 0.29) is 11.9 Å². The lowest BCUT2D eigenvalue weighted by Gasteiger charge is -2.14. The molecule has 1 saturated heterocycles. The minimum atomic E-state index is -0.584. The zero-order valence-corrected chi connectivity index (χ0v) is 12.5. The predicted molar refractivity (Wildman–Crippen MR) is 76.8 cm³/mol. The van der Waals surface area contributed by atoms with Crippen molar-refractivity contribution in [3.05, 3.63) is 41.3 Å². The van der Waals surface area contributed by atoms with E-state index in [9.17, 15) is 4.79 Å². The summed E-state index contributed by atoms with van der Waals surface area (Å²) in [6, 6.07) is 5.88. The van der Waals surface area contributed by atoms with Gasteiger partial charge in [0, 0.05) is 6.61 Å². The lowest BCUT2D eigenvalue weighted by atomic mass is 10.0. The van der Waals surface area contributed by atoms with Crippen molar-refractivity contribution >= 4 is 5.97 Å². The van der Waals surface area contributed by atoms with Crippen molar-refractivity contribution < 1.29 is 23.7 Å². The molecule has 1 unspecified atom stereocenters. The van der Waals surface area contributed by atoms with E-state index in [4.69, 9.17) is 14.2 Å². The molecule has 2 rings (SSSR count). The van der Waals surface area contributed by atoms with Gasteiger partial charge in [0.05, 0.1) is 20.3 Å². The Kier molecular flexibility index (Phi) is 5.22. The van der Waals surface area contributed by atoms with Gasteiger partial charge in [-0.05, 0) is 37.0 Å². The van der Waals surface area contributed by atoms with E-state index in [2.05, 4.69) is 4.74 Å². The number of carbonyl (C=O) groups is 1. The molecule has 1 fully saturated rings. The first kappa shape index (κ1) is 15.4. The van der Waals surface area contributed by atoms with Gasteiger partial charge in [-0.3, -0.25) is 0 Å². The maximum Gasteiger partial charge on any atom is 0.377 e. The van der Waals surface area contributed by atoms with Crippen molar-refractivity contribution in [1.29, 1.82) is 0 Å². The fourth-order valence-corrected chi connectivity index (χ4v) is 2.21. The maximum atomic E-state index is 11.6. The standard InChI is InChI=1S/C16H20O5/c1-11-6-7-12(13-5-4-8-20-13)9-14(11)21-15(10-18-2)16(17)19-3/h6-7,9-10,13H,4-5,8H2,1-3H3/b15-10-. The Bertz CT molecular complexity index is 529. The number of esters is 1. The van der Waals surface area contributed by atoms with E-state index in [1.165, 1.54) is 20.5 Å². The van der Waals surface area contributed by atoms with Gasteiger partial charge in [0.15, 0.2) is 0 Å². The molecular weight excluding hydrogens is 272 g/mol. The van der Waals surface area contributed by atoms with Crippen LogP contribution in [0.15, 0.2) is 30.2 Å². The lowest BCUT2D eigenvalue weighted by molar-refractivity contribution is -0.138. The molecule has 0 bridgehead atoms. The smallest absolute Gasteiger partial charge is 0.377 e. The second kappa shape index (κ2) is 7.13. The van der Waals surface area contributed by atoms with Gasteiger partial charge in [0.1, 0.15) is 12.0 Å². The van der Waals surface area contributed by atoms with Crippen molar-refractivity contribution in [3.8, 4) is 5.75 Å². The van der Waals surface area contributed by atoms with E-state index in [1.807, 2.05) is 25.1 Å². The van der Waals surface area contributed by atoms with Crippen molar-refractivity contribution in [2.75, 3.05) is 20.8 Å². The van der Waals surface area contributed by atoms with E-state index in [1.54, 1.807) is 0 Å². The molecule has 1 aliphatic heterocycles. The van der Waals surface area contributed by atoms with Crippen LogP contribution in [-0.4, -0.2) is 26.8 Å². The molecule has 1 aromatic rings. The molecule has 0 aliphatic carbocycles. The first-order valence-corrected chi connectivity index (χ1v) is 6.87. The highest BCUT2D eigenvalue weighted by molar-refractivity contribution is 5.86. The SMILES string of the molecule is CO/C=C(\Oc1cc(C2CCCO2)ccc1C)C(=O)OC. The average molecular weight is 292 g/mol. The maximum absolute atomic E-state index is 11.6. The van der Waals surface area contributed by atoms with Crippen molar-refractivity contribution in [3.63, 3.8) is 0 Å². The fourth-order valence-electron chi connectivity index (χ4n) is 2.21. The van der Waals surface area contributed by atoms with Crippen LogP contribution in [0.2, 0.25) is 0 Å². The Morgan fingerprint density at radius 1 is 1.38 bits per heavy atom. The van der Waals surface area contributed by atoms with Crippen LogP contribution in [0, 0.1) is 6.92 Å². The fraction of sp³-hybridized carbons (Fsp3) is 0.438. The van der Waals surface area contributed by atoms with Gasteiger partial charge in [-0.25, -0.2) is 4.79 Å². The molecule has 114 valence electrons. The number of methoxy groups -OCH3 is 2. The number of rotatable bonds is 5. The molecule has 1 aliphatic rings. The van der Waals surface area contributed by atoms with Crippen LogP contribution in [0.4, 0.5) is 0 Å². The summed E-state index contributed by atoms with van der Waals surface area (Å²) in [4.78, 5) is 11.6. The number of benzene rings is 1. The van der Waals surface area contributed by atoms with Crippen molar-refractivity contribution in [2.24, 2.45) is 0 Å². The van der Waals surface area contributed by atoms with Gasteiger partial charge in [0.25, 0.3) is 0 Å². The molecule has 0 amide bonds. The third kappa shape index (κ3) is 3.76. The highest BCUT2D eigenvalue weighted by Crippen LogP contribution is 2.32. The minimum absolute atomic E-state index is 0.00703. The summed E-state index contributed by atoms with van der Waals surface area (Å²) in [5, 5.41) is 0. The molecule has 5 heteroatoms. The molecule has 1 heterocycles. The van der Waals surface area contributed by atoms with E-state index >= 15 is 0 Å². The van der Waals surface area contributed by atoms with Gasteiger partial charge in [-0.2, -0.15) is 0 Å². The Morgan fingerprint density at radius 2 is 2.19 bits per heavy atom. The van der Waals surface area contributed by atoms with Gasteiger partial charge >= 0.3 is 5.97 Å². The molecule has 0 saturated carbocycles. The molecule has 0 N–H and O–H groups in total. The number of aryl methyl sites for hydroxylation is 1. The number of hydrogen-bond acceptors (Lipinski definition) is 5. The van der Waals surface area contributed by atoms with Crippen molar-refractivity contribution in [1.82, 2.24) is 0 Å². The quantitative estimate of drug-likeness (QED) is 0.474. The zero-order chi connectivity index (χ0) is 15.2. The van der Waals surface area contributed by atoms with Gasteiger partial charge in [0.2, 0.25) is 5.76 Å². The Labute approximate surface area is 124 Å². The van der Waals surface area contributed by atoms with Gasteiger partial charge in [-0.15, -0.1) is 0 Å². The average Bonchev–Trinajstić information content (AvgIpc) is 3.02. The topological polar surface area (TPSA) is 54.0 Å². The minimum Gasteiger partial charge on any atom is -0.500 e. The summed E-state index contributed by atoms with van der Waals surface area (Å²) >= 11 is 0. The monoisotopic (exact) mass is 292 g/mol. The highest BCUT2D eigenvalue weighted by Gasteiger charge is 2.20. The normalized spacial score (nSPS) is 18.4. The van der Waals surface area contributed by atoms with Crippen LogP contribution in [-0.2, 0) is 19.0 Å². The lowest BCUT2D eigenvalue weighted by Crippen LogP contribution is -2.12. The number of carbonyl (C=O) groups excluding carboxylic acids is 1. The van der Waals surface area contributed by atoms with E-state index in [0.717, 1.165) is 30.6 Å². The van der Waals surface area contributed by atoms with Crippen LogP contribution in [0.1, 0.15) is 30.1 Å². The Balaban J connectivity index is 2.23. The van der Waals surface area contributed by atoms with Crippen LogP contribution in [0.25, 0.3) is 0 Å². The third-order valence-electron chi connectivity index (χ3n) is 3.35. The molecule has 0 spiro atoms. The first-order chi connectivity index (χ1) is 10.2. The van der Waals surface area contributed by atoms with Crippen LogP contribution in [0.5, 0.6) is 5.75 Å². The second-order valence-corrected chi connectivity index (χ2v) is 4.84. The van der Waals surface area contributed by atoms with E-state index < -0.39 is 5.97 Å². The van der Waals surface area contributed by atoms with Crippen LogP contribution < -0.4 is 4.74 Å². The van der Waals surface area contributed by atoms with Crippen LogP contribution in [0.3, 0.4) is 0 Å². The molecule has 1 atom stereocenters. The Morgan fingerprint density at radius 3 is 2.81 bits per heavy atom. The summed E-state index contributed by atoms with van der Waals surface area (Å²) in [5.74, 6) is 0.0167. The largest absolute Gasteiger partial charge is 0.500 e. The molecular formula is C16H20O5. The molecule has 1 aromatic carbocycles. The van der Waals surface area contributed by atoms with Crippen molar-refractivity contribution in [2.45, 2.75) is 25.9 Å². The molecule has 0 radical (unpaired) electrons. The predicted octanol–water partition coefficient (Wildman–Crippen LogP) is 2.89. The number of ether oxygens (including phenoxy) is 4. The van der Waals surface area contributed by atoms with E-state index in [0.29, 0.717) is 5.75 Å². The van der Waals surface area contributed by atoms with Crippen LogP contribution >= 0.6 is 0 Å². The summed E-state index contributed by atoms with van der Waals surface area (Å²) in [6.07, 6.45) is 3.39. The number of hydrogen-bond donors (Lipinski definition) is 0. The third-order valence-corrected chi connectivity index (χ3v) is 3.35. The van der Waals surface area contributed by atoms with Gasteiger partial charge in [-0.1, -0.05) is 12.1 Å². The first-order valence-electron chi connectivity index (χ1n) is 6.87. The van der Waals surface area contributed by atoms with Gasteiger partial charge < -0.3 is 18.9 Å². The summed E-state index contributed by atoms with van der Waals surface area (Å²) < 4.78 is 20.8. The Hall–Kier alpha value is -2.01. The summed E-state index contributed by atoms with van der Waals surface area (Å²) in [5.41, 5.74) is 1.97.